The van der Waals surface area contributed by atoms with Gasteiger partial charge in [-0.25, -0.2) is 4.98 Å². The third kappa shape index (κ3) is 2.53. The highest BCUT2D eigenvalue weighted by atomic mass is 127. The van der Waals surface area contributed by atoms with Gasteiger partial charge in [0.2, 0.25) is 0 Å². The summed E-state index contributed by atoms with van der Waals surface area (Å²) in [6.07, 6.45) is 1.62. The van der Waals surface area contributed by atoms with Gasteiger partial charge >= 0.3 is 0 Å². The second-order valence-electron chi connectivity index (χ2n) is 4.32. The lowest BCUT2D eigenvalue weighted by molar-refractivity contribution is 0.748. The Labute approximate surface area is 124 Å². The minimum atomic E-state index is 0.00682. The second-order valence-corrected chi connectivity index (χ2v) is 5.57. The third-order valence-corrected chi connectivity index (χ3v) is 3.65. The Morgan fingerprint density at radius 3 is 2.68 bits per heavy atom. The number of benzene rings is 2. The summed E-state index contributed by atoms with van der Waals surface area (Å²) in [7, 11) is 0. The molecule has 1 heterocycles. The van der Waals surface area contributed by atoms with E-state index >= 15 is 0 Å². The van der Waals surface area contributed by atoms with Crippen LogP contribution in [0.1, 0.15) is 5.56 Å². The molecule has 94 valence electrons. The van der Waals surface area contributed by atoms with Crippen molar-refractivity contribution in [2.45, 2.75) is 6.54 Å². The van der Waals surface area contributed by atoms with Gasteiger partial charge in [-0.3, -0.25) is 9.36 Å². The summed E-state index contributed by atoms with van der Waals surface area (Å²) in [6, 6.07) is 15.6. The third-order valence-electron chi connectivity index (χ3n) is 2.98. The van der Waals surface area contributed by atoms with Crippen LogP contribution >= 0.6 is 22.6 Å². The van der Waals surface area contributed by atoms with Crippen LogP contribution in [0.15, 0.2) is 59.7 Å². The topological polar surface area (TPSA) is 34.9 Å². The summed E-state index contributed by atoms with van der Waals surface area (Å²) < 4.78 is 2.69. The Bertz CT molecular complexity index is 781. The van der Waals surface area contributed by atoms with Crippen molar-refractivity contribution in [3.05, 3.63) is 74.3 Å². The number of hydrogen-bond donors (Lipinski definition) is 0. The van der Waals surface area contributed by atoms with Crippen molar-refractivity contribution in [2.24, 2.45) is 0 Å². The van der Waals surface area contributed by atoms with E-state index in [2.05, 4.69) is 27.6 Å². The van der Waals surface area contributed by atoms with Crippen molar-refractivity contribution in [1.29, 1.82) is 0 Å². The Kier molecular flexibility index (Phi) is 3.33. The molecule has 0 amide bonds. The van der Waals surface area contributed by atoms with Crippen molar-refractivity contribution in [2.75, 3.05) is 0 Å². The zero-order valence-corrected chi connectivity index (χ0v) is 12.2. The minimum absolute atomic E-state index is 0.00682. The van der Waals surface area contributed by atoms with Gasteiger partial charge in [0, 0.05) is 3.57 Å². The lowest BCUT2D eigenvalue weighted by Crippen LogP contribution is -2.21. The zero-order valence-electron chi connectivity index (χ0n) is 10.1. The number of aromatic nitrogens is 2. The van der Waals surface area contributed by atoms with E-state index in [-0.39, 0.29) is 5.56 Å². The van der Waals surface area contributed by atoms with E-state index < -0.39 is 0 Å². The van der Waals surface area contributed by atoms with Crippen LogP contribution in [0, 0.1) is 3.57 Å². The molecule has 0 unspecified atom stereocenters. The summed E-state index contributed by atoms with van der Waals surface area (Å²) >= 11 is 2.20. The largest absolute Gasteiger partial charge is 0.294 e. The van der Waals surface area contributed by atoms with E-state index in [1.807, 2.05) is 48.5 Å². The molecule has 0 spiro atoms. The summed E-state index contributed by atoms with van der Waals surface area (Å²) in [6.45, 7) is 0.550. The normalized spacial score (nSPS) is 10.8. The van der Waals surface area contributed by atoms with Gasteiger partial charge in [-0.2, -0.15) is 0 Å². The second kappa shape index (κ2) is 5.13. The molecule has 0 aliphatic carbocycles. The maximum atomic E-state index is 12.4. The molecule has 1 aromatic heterocycles. The van der Waals surface area contributed by atoms with Crippen LogP contribution in [0.4, 0.5) is 0 Å². The summed E-state index contributed by atoms with van der Waals surface area (Å²) in [5.74, 6) is 0. The number of fused-ring (bicyclic) bond motifs is 1. The summed E-state index contributed by atoms with van der Waals surface area (Å²) in [5.41, 5.74) is 1.85. The highest BCUT2D eigenvalue weighted by Crippen LogP contribution is 2.12. The summed E-state index contributed by atoms with van der Waals surface area (Å²) in [4.78, 5) is 16.7. The van der Waals surface area contributed by atoms with Gasteiger partial charge in [-0.1, -0.05) is 30.3 Å². The van der Waals surface area contributed by atoms with Gasteiger partial charge in [-0.05, 0) is 46.4 Å². The monoisotopic (exact) mass is 362 g/mol. The molecular weight excluding hydrogens is 351 g/mol. The highest BCUT2D eigenvalue weighted by Gasteiger charge is 2.05. The predicted molar refractivity (Wildman–Crippen MR) is 84.3 cm³/mol. The molecule has 0 fully saturated rings. The van der Waals surface area contributed by atoms with E-state index in [4.69, 9.17) is 0 Å². The first-order chi connectivity index (χ1) is 9.24. The SMILES string of the molecule is O=c1c2cc(I)ccc2ncn1Cc1ccccc1. The Balaban J connectivity index is 2.10. The molecule has 0 aliphatic heterocycles. The van der Waals surface area contributed by atoms with Crippen LogP contribution < -0.4 is 5.56 Å². The molecule has 2 aromatic carbocycles. The van der Waals surface area contributed by atoms with Crippen LogP contribution in [0.2, 0.25) is 0 Å². The number of hydrogen-bond acceptors (Lipinski definition) is 2. The minimum Gasteiger partial charge on any atom is -0.294 e. The Hall–Kier alpha value is -1.69. The molecule has 0 N–H and O–H groups in total. The zero-order chi connectivity index (χ0) is 13.2. The molecule has 3 nitrogen and oxygen atoms in total. The smallest absolute Gasteiger partial charge is 0.261 e. The molecular formula is C15H11IN2O. The van der Waals surface area contributed by atoms with Crippen LogP contribution in [0.3, 0.4) is 0 Å². The van der Waals surface area contributed by atoms with Crippen molar-refractivity contribution in [3.63, 3.8) is 0 Å². The molecule has 4 heteroatoms. The molecule has 19 heavy (non-hydrogen) atoms. The lowest BCUT2D eigenvalue weighted by atomic mass is 10.2. The quantitative estimate of drug-likeness (QED) is 0.657. The fourth-order valence-corrected chi connectivity index (χ4v) is 2.52. The van der Waals surface area contributed by atoms with Gasteiger partial charge in [0.25, 0.3) is 5.56 Å². The van der Waals surface area contributed by atoms with Crippen LogP contribution in [-0.4, -0.2) is 9.55 Å². The molecule has 3 aromatic rings. The standard InChI is InChI=1S/C15H11IN2O/c16-12-6-7-14-13(8-12)15(19)18(10-17-14)9-11-4-2-1-3-5-11/h1-8,10H,9H2. The molecule has 0 radical (unpaired) electrons. The first kappa shape index (κ1) is 12.3. The fraction of sp³-hybridized carbons (Fsp3) is 0.0667. The van der Waals surface area contributed by atoms with Gasteiger partial charge in [0.15, 0.2) is 0 Å². The van der Waals surface area contributed by atoms with Gasteiger partial charge < -0.3 is 0 Å². The van der Waals surface area contributed by atoms with Gasteiger partial charge in [0.1, 0.15) is 0 Å². The highest BCUT2D eigenvalue weighted by molar-refractivity contribution is 14.1. The first-order valence-electron chi connectivity index (χ1n) is 5.93. The molecule has 0 bridgehead atoms. The number of rotatable bonds is 2. The average Bonchev–Trinajstić information content (AvgIpc) is 2.44. The van der Waals surface area contributed by atoms with Crippen molar-refractivity contribution in [3.8, 4) is 0 Å². The molecule has 0 aliphatic rings. The van der Waals surface area contributed by atoms with E-state index in [9.17, 15) is 4.79 Å². The van der Waals surface area contributed by atoms with E-state index in [1.165, 1.54) is 0 Å². The van der Waals surface area contributed by atoms with Gasteiger partial charge in [-0.15, -0.1) is 0 Å². The van der Waals surface area contributed by atoms with Crippen LogP contribution in [0.5, 0.6) is 0 Å². The maximum absolute atomic E-state index is 12.4. The molecule has 3 rings (SSSR count). The molecule has 0 saturated carbocycles. The predicted octanol–water partition coefficient (Wildman–Crippen LogP) is 3.05. The van der Waals surface area contributed by atoms with Crippen molar-refractivity contribution < 1.29 is 0 Å². The summed E-state index contributed by atoms with van der Waals surface area (Å²) in [5, 5.41) is 0.672. The fourth-order valence-electron chi connectivity index (χ4n) is 2.02. The van der Waals surface area contributed by atoms with Crippen molar-refractivity contribution in [1.82, 2.24) is 9.55 Å². The number of halogens is 1. The molecule has 0 atom stereocenters. The van der Waals surface area contributed by atoms with E-state index in [0.29, 0.717) is 11.9 Å². The Morgan fingerprint density at radius 1 is 1.11 bits per heavy atom. The van der Waals surface area contributed by atoms with Crippen LogP contribution in [0.25, 0.3) is 10.9 Å². The average molecular weight is 362 g/mol. The molecule has 0 saturated heterocycles. The maximum Gasteiger partial charge on any atom is 0.261 e. The first-order valence-corrected chi connectivity index (χ1v) is 7.00. The van der Waals surface area contributed by atoms with E-state index in [1.54, 1.807) is 10.9 Å². The van der Waals surface area contributed by atoms with Crippen molar-refractivity contribution >= 4 is 33.5 Å². The van der Waals surface area contributed by atoms with Crippen LogP contribution in [-0.2, 0) is 6.54 Å². The van der Waals surface area contributed by atoms with E-state index in [0.717, 1.165) is 14.7 Å². The lowest BCUT2D eigenvalue weighted by Gasteiger charge is -2.06. The Morgan fingerprint density at radius 2 is 1.89 bits per heavy atom. The van der Waals surface area contributed by atoms with Gasteiger partial charge in [0.05, 0.1) is 23.8 Å². The number of nitrogens with zero attached hydrogens (tertiary/aromatic N) is 2.